The van der Waals surface area contributed by atoms with Gasteiger partial charge in [-0.3, -0.25) is 38.4 Å². The van der Waals surface area contributed by atoms with Gasteiger partial charge in [0.25, 0.3) is 23.6 Å². The molecule has 36 heteroatoms. The number of nitrogens with zero attached hydrogens (tertiary/aromatic N) is 12. The standard InChI is InChI=1S/4C24H31N5O4.4CH4/c4*1-5-20(30)28-10-7-15(8-11-28)17-6-9-26-24-21(23(25)31)22(27-29(17)24)16-12-18(32-3)14(2)19(13-16)33-4;;;;/h4*5,12-13,15,17,26H,1,6-11H2,2-4H3,(H2,25,31);4*1H4/i2D3,3D3;2*3D3;2D3;;;;. The monoisotopic (exact) mass is 1890 g/mol. The Hall–Kier alpha value is -14.0. The van der Waals surface area contributed by atoms with Crippen LogP contribution in [0.5, 0.6) is 46.0 Å². The molecule has 4 saturated heterocycles. The normalized spacial score (nSPS) is 19.8. The smallest absolute Gasteiger partial charge is 0.254 e. The van der Waals surface area contributed by atoms with Gasteiger partial charge in [-0.15, -0.1) is 0 Å². The van der Waals surface area contributed by atoms with Gasteiger partial charge in [0.05, 0.1) is 93.2 Å². The van der Waals surface area contributed by atoms with Crippen LogP contribution in [0.4, 0.5) is 23.3 Å². The Kier molecular flexibility index (Phi) is 28.9. The molecule has 8 aliphatic rings. The molecule has 0 spiro atoms. The zero-order valence-electron chi connectivity index (χ0n) is 90.1. The highest BCUT2D eigenvalue weighted by Gasteiger charge is 2.42. The number of primary amides is 4. The van der Waals surface area contributed by atoms with Crippen LogP contribution in [0.15, 0.2) is 99.2 Å². The van der Waals surface area contributed by atoms with Crippen LogP contribution < -0.4 is 82.1 Å². The second kappa shape index (κ2) is 46.3. The first-order chi connectivity index (χ1) is 69.4. The van der Waals surface area contributed by atoms with Crippen LogP contribution >= 0.6 is 0 Å². The van der Waals surface area contributed by atoms with E-state index in [4.69, 9.17) is 102 Å². The summed E-state index contributed by atoms with van der Waals surface area (Å²) in [5.41, 5.74) is 27.2. The van der Waals surface area contributed by atoms with Gasteiger partial charge in [0.15, 0.2) is 0 Å². The molecule has 8 amide bonds. The van der Waals surface area contributed by atoms with Crippen molar-refractivity contribution in [1.29, 1.82) is 0 Å². The highest BCUT2D eigenvalue weighted by atomic mass is 16.5. The molecule has 736 valence electrons. The van der Waals surface area contributed by atoms with E-state index in [0.717, 1.165) is 77.0 Å². The minimum atomic E-state index is -2.95. The van der Waals surface area contributed by atoms with Crippen molar-refractivity contribution in [1.82, 2.24) is 58.7 Å². The second-order valence-corrected chi connectivity index (χ2v) is 33.3. The average Bonchev–Trinajstić information content (AvgIpc) is 1.60. The van der Waals surface area contributed by atoms with Crippen LogP contribution in [0.3, 0.4) is 0 Å². The van der Waals surface area contributed by atoms with Crippen LogP contribution in [0.25, 0.3) is 45.0 Å². The van der Waals surface area contributed by atoms with Gasteiger partial charge < -0.3 is 102 Å². The van der Waals surface area contributed by atoms with Crippen LogP contribution in [0.1, 0.15) is 215 Å². The van der Waals surface area contributed by atoms with E-state index in [-0.39, 0.29) is 169 Å². The fourth-order valence-electron chi connectivity index (χ4n) is 19.5. The number of aromatic nitrogens is 8. The van der Waals surface area contributed by atoms with Gasteiger partial charge in [-0.2, -0.15) is 20.4 Å². The zero-order chi connectivity index (χ0) is 107. The van der Waals surface area contributed by atoms with E-state index in [1.807, 2.05) is 14.0 Å². The molecule has 16 rings (SSSR count). The van der Waals surface area contributed by atoms with E-state index >= 15 is 0 Å². The van der Waals surface area contributed by atoms with Crippen LogP contribution in [-0.4, -0.2) is 241 Å². The number of carbonyl (C=O) groups is 8. The first kappa shape index (κ1) is 85.0. The Morgan fingerprint density at radius 2 is 0.507 bits per heavy atom. The van der Waals surface area contributed by atoms with E-state index < -0.39 is 69.8 Å². The summed E-state index contributed by atoms with van der Waals surface area (Å²) in [5, 5.41) is 32.2. The van der Waals surface area contributed by atoms with Crippen LogP contribution in [0.2, 0.25) is 0 Å². The van der Waals surface area contributed by atoms with Gasteiger partial charge in [0.2, 0.25) is 23.6 Å². The number of nitrogens with two attached hydrogens (primary N) is 4. The molecule has 0 radical (unpaired) electrons. The van der Waals surface area contributed by atoms with E-state index in [9.17, 15) is 38.4 Å². The number of amides is 8. The lowest BCUT2D eigenvalue weighted by Gasteiger charge is -2.38. The van der Waals surface area contributed by atoms with Crippen molar-refractivity contribution in [3.8, 4) is 91.0 Å². The number of anilines is 4. The molecule has 12 N–H and O–H groups in total. The SMILES string of the molecule is C.C.C.C.[2H]C([2H])([2H])Oc1cc(-c2nn3c(c2C(N)=O)NCCC3C2CCN(C(=O)C=C)CC2)cc(OC)c1C.[2H]C([2H])([2H])Oc1cc(-c2nn3c(c2C(N)=O)NCCC3C2CCN(C(=O)C=C)CC2)cc(OC)c1C.[2H]C([2H])([2H])Oc1cc(-c2nn3c(c2C(N)=O)NCCC3C2CCN(C(=O)C=C)CC2)cc(OC)c1C([2H])([2H])[2H].[2H]C([2H])([2H])c1c(OC)cc(-c2nn3c(c2C(N)=O)NCCC3C2CCN(C(=O)C=C)CC2)cc1OC. The highest BCUT2D eigenvalue weighted by molar-refractivity contribution is 6.07. The number of piperidine rings is 4. The largest absolute Gasteiger partial charge is 0.496 e. The molecule has 4 aromatic heterocycles. The zero-order valence-corrected chi connectivity index (χ0v) is 75.1. The Balaban J connectivity index is 0.000000221. The topological polar surface area (TPSA) is 447 Å². The number of nitrogens with one attached hydrogen (secondary N) is 4. The minimum Gasteiger partial charge on any atom is -0.496 e. The molecule has 12 heterocycles. The number of hydrogen-bond acceptors (Lipinski definition) is 24. The van der Waals surface area contributed by atoms with Gasteiger partial charge >= 0.3 is 0 Å². The number of methoxy groups -OCH3 is 8. The molecule has 0 bridgehead atoms. The van der Waals surface area contributed by atoms with Crippen LogP contribution in [0, 0.1) is 51.2 Å². The number of likely N-dealkylation sites (tertiary alicyclic amines) is 4. The van der Waals surface area contributed by atoms with Crippen molar-refractivity contribution in [2.24, 2.45) is 46.6 Å². The number of fused-ring (bicyclic) bond motifs is 4. The minimum absolute atomic E-state index is 0. The van der Waals surface area contributed by atoms with E-state index in [2.05, 4.69) is 47.6 Å². The van der Waals surface area contributed by atoms with Crippen molar-refractivity contribution in [3.05, 3.63) is 144 Å². The summed E-state index contributed by atoms with van der Waals surface area (Å²) >= 11 is 0. The van der Waals surface area contributed by atoms with Gasteiger partial charge in [0.1, 0.15) is 114 Å². The maximum Gasteiger partial charge on any atom is 0.254 e. The summed E-state index contributed by atoms with van der Waals surface area (Å²) in [6.45, 7) is 19.9. The van der Waals surface area contributed by atoms with Crippen molar-refractivity contribution in [2.45, 2.75) is 158 Å². The summed E-state index contributed by atoms with van der Waals surface area (Å²) in [5.74, 6) is 0.615. The van der Waals surface area contributed by atoms with E-state index in [1.54, 1.807) is 74.5 Å². The third kappa shape index (κ3) is 21.4. The van der Waals surface area contributed by atoms with Crippen molar-refractivity contribution in [2.75, 3.05) is 156 Å². The van der Waals surface area contributed by atoms with Gasteiger partial charge in [0, 0.05) is 131 Å². The van der Waals surface area contributed by atoms with Crippen molar-refractivity contribution in [3.63, 3.8) is 0 Å². The van der Waals surface area contributed by atoms with Crippen molar-refractivity contribution < 1.29 is 96.8 Å². The maximum absolute atomic E-state index is 12.7. The molecule has 0 aliphatic carbocycles. The van der Waals surface area contributed by atoms with E-state index in [1.165, 1.54) is 72.0 Å². The number of hydrogen-bond donors (Lipinski definition) is 8. The summed E-state index contributed by atoms with van der Waals surface area (Å²) in [6, 6.07) is 12.1. The van der Waals surface area contributed by atoms with E-state index in [0.29, 0.717) is 158 Å². The molecular formula is C100H140N20O16. The fraction of sp³-hybridized carbons (Fsp3) is 0.480. The van der Waals surface area contributed by atoms with Crippen molar-refractivity contribution >= 4 is 70.5 Å². The first-order valence-corrected chi connectivity index (χ1v) is 43.7. The number of ether oxygens (including phenoxy) is 8. The maximum atomic E-state index is 12.7. The fourth-order valence-corrected chi connectivity index (χ4v) is 19.5. The lowest BCUT2D eigenvalue weighted by Crippen LogP contribution is -2.41. The Morgan fingerprint density at radius 3 is 0.676 bits per heavy atom. The van der Waals surface area contributed by atoms with Crippen LogP contribution in [-0.2, 0) is 19.2 Å². The third-order valence-corrected chi connectivity index (χ3v) is 26.4. The first-order valence-electron chi connectivity index (χ1n) is 51.2. The average molecular weight is 1890 g/mol. The molecule has 4 aromatic carbocycles. The molecule has 4 atom stereocenters. The Bertz CT molecular complexity index is 6130. The summed E-state index contributed by atoms with van der Waals surface area (Å²) < 4.78 is 165. The molecule has 8 aliphatic heterocycles. The molecule has 4 fully saturated rings. The molecule has 136 heavy (non-hydrogen) atoms. The van der Waals surface area contributed by atoms with Gasteiger partial charge in [-0.05, 0) is 201 Å². The lowest BCUT2D eigenvalue weighted by atomic mass is 9.87. The molecule has 0 saturated carbocycles. The third-order valence-electron chi connectivity index (χ3n) is 26.4. The second-order valence-electron chi connectivity index (χ2n) is 33.3. The Morgan fingerprint density at radius 1 is 0.324 bits per heavy atom. The Labute approximate surface area is 819 Å². The van der Waals surface area contributed by atoms with Gasteiger partial charge in [-0.1, -0.05) is 56.0 Å². The molecule has 8 aromatic rings. The predicted octanol–water partition coefficient (Wildman–Crippen LogP) is 13.6. The highest BCUT2D eigenvalue weighted by Crippen LogP contribution is 2.49. The molecule has 4 unspecified atom stereocenters. The number of benzene rings is 4. The number of rotatable bonds is 24. The quantitative estimate of drug-likeness (QED) is 0.0260. The van der Waals surface area contributed by atoms with Gasteiger partial charge in [-0.25, -0.2) is 18.7 Å². The number of carbonyl (C=O) groups excluding carboxylic acids is 8. The summed E-state index contributed by atoms with van der Waals surface area (Å²) in [7, 11) is -1.32. The molecular weight excluding hydrogens is 1740 g/mol. The lowest BCUT2D eigenvalue weighted by molar-refractivity contribution is -0.128. The molecule has 36 nitrogen and oxygen atoms in total. The summed E-state index contributed by atoms with van der Waals surface area (Å²) in [4.78, 5) is 106. The predicted molar refractivity (Wildman–Crippen MR) is 530 cm³/mol. The summed E-state index contributed by atoms with van der Waals surface area (Å²) in [6.07, 6.45) is 14.7.